The number of nitrogens with zero attached hydrogens (tertiary/aromatic N) is 1. The third-order valence-electron chi connectivity index (χ3n) is 16.3. The molecule has 1 aromatic rings. The van der Waals surface area contributed by atoms with Crippen LogP contribution in [0.25, 0.3) is 0 Å². The first kappa shape index (κ1) is 60.0. The zero-order valence-electron chi connectivity index (χ0n) is 47.0. The quantitative estimate of drug-likeness (QED) is 0.140. The lowest BCUT2D eigenvalue weighted by Crippen LogP contribution is -2.66. The molecule has 0 saturated carbocycles. The van der Waals surface area contributed by atoms with Crippen LogP contribution in [0.4, 0.5) is 0 Å². The van der Waals surface area contributed by atoms with Crippen molar-refractivity contribution in [3.63, 3.8) is 0 Å². The molecule has 3 saturated heterocycles. The fourth-order valence-corrected chi connectivity index (χ4v) is 12.5. The summed E-state index contributed by atoms with van der Waals surface area (Å²) in [5.74, 6) is -0.689. The number of rotatable bonds is 14. The highest BCUT2D eigenvalue weighted by molar-refractivity contribution is 6.74. The minimum Gasteiger partial charge on any atom is -0.462 e. The highest BCUT2D eigenvalue weighted by Crippen LogP contribution is 2.45. The van der Waals surface area contributed by atoms with Gasteiger partial charge in [0.15, 0.2) is 29.2 Å². The van der Waals surface area contributed by atoms with Gasteiger partial charge in [-0.2, -0.15) is 0 Å². The van der Waals surface area contributed by atoms with E-state index in [1.807, 2.05) is 89.2 Å². The predicted octanol–water partition coefficient (Wildman–Crippen LogP) is 9.94. The number of hydrogen-bond donors (Lipinski definition) is 1. The Kier molecular flexibility index (Phi) is 21.0. The van der Waals surface area contributed by atoms with Crippen molar-refractivity contribution in [1.29, 1.82) is 0 Å². The molecule has 4 heterocycles. The normalized spacial score (nSPS) is 38.4. The van der Waals surface area contributed by atoms with Crippen LogP contribution < -0.4 is 0 Å². The van der Waals surface area contributed by atoms with Crippen LogP contribution in [0.2, 0.25) is 36.3 Å². The topological polar surface area (TPSA) is 142 Å². The first-order valence-electron chi connectivity index (χ1n) is 26.2. The van der Waals surface area contributed by atoms with Gasteiger partial charge in [-0.25, -0.2) is 0 Å². The number of likely N-dealkylation sites (N-methyl/N-ethyl adjacent to an activating group) is 1. The Balaban J connectivity index is 1.51. The molecule has 406 valence electrons. The van der Waals surface area contributed by atoms with E-state index in [0.29, 0.717) is 32.3 Å². The number of fused-ring (bicyclic) bond motifs is 3. The van der Waals surface area contributed by atoms with Crippen molar-refractivity contribution in [2.24, 2.45) is 11.8 Å². The van der Waals surface area contributed by atoms with E-state index in [9.17, 15) is 9.90 Å². The molecule has 5 rings (SSSR count). The molecule has 71 heavy (non-hydrogen) atoms. The Morgan fingerprint density at radius 1 is 0.803 bits per heavy atom. The summed E-state index contributed by atoms with van der Waals surface area (Å²) in [6, 6.07) is 9.47. The summed E-state index contributed by atoms with van der Waals surface area (Å²) in [5, 5.41) is 12.5. The number of cyclic esters (lactones) is 1. The minimum absolute atomic E-state index is 0.00770. The van der Waals surface area contributed by atoms with Crippen LogP contribution in [0.5, 0.6) is 0 Å². The van der Waals surface area contributed by atoms with E-state index in [2.05, 4.69) is 86.8 Å². The van der Waals surface area contributed by atoms with Gasteiger partial charge in [-0.1, -0.05) is 103 Å². The van der Waals surface area contributed by atoms with Crippen LogP contribution in [0.1, 0.15) is 114 Å². The molecule has 1 unspecified atom stereocenters. The van der Waals surface area contributed by atoms with Crippen LogP contribution >= 0.6 is 0 Å². The van der Waals surface area contributed by atoms with E-state index < -0.39 is 89.7 Å². The molecule has 17 atom stereocenters. The van der Waals surface area contributed by atoms with E-state index in [1.54, 1.807) is 14.2 Å². The van der Waals surface area contributed by atoms with Crippen molar-refractivity contribution >= 4 is 22.6 Å². The van der Waals surface area contributed by atoms with E-state index in [4.69, 9.17) is 51.5 Å². The standard InChI is InChI=1S/C55H95NO13Si2/c1-35-30-40-31-44(69-71(18,19)54(8,9)10)65-42(32-43(57)62-36(2)26-22-20-25-29-41(35)68-70(16,17)53(5,6)7)50(59-14)49(40)67-52-47(58)46(56(12)13)48(37(3)64-52)66-45-33-55(11,60-15)51(38(4)63-45)61-34-39-27-23-21-24-28-39/h20-25,27-29,35-38,40-42,44-52,58H,26,30-34H2,1-19H3/b22-20+,29-25+/t35-,36-,37+,38-,40-,41+,42-,44?,45-,46+,47+,48+,49+,50+,51-,52-,55+/m1/s1. The number of carbonyl (C=O) groups excluding carboxylic acids is 1. The fourth-order valence-electron chi connectivity index (χ4n) is 10.0. The second-order valence-corrected chi connectivity index (χ2v) is 33.9. The summed E-state index contributed by atoms with van der Waals surface area (Å²) < 4.78 is 74.0. The summed E-state index contributed by atoms with van der Waals surface area (Å²) in [4.78, 5) is 15.9. The molecule has 4 aliphatic heterocycles. The number of benzene rings is 1. The molecule has 2 bridgehead atoms. The molecular formula is C55H95NO13Si2. The summed E-state index contributed by atoms with van der Waals surface area (Å²) in [5.41, 5.74) is 0.327. The van der Waals surface area contributed by atoms with Crippen LogP contribution in [-0.2, 0) is 62.9 Å². The SMILES string of the molecule is CO[C@@H]1[C@@H](O[C@H]2O[C@@H](C)[C@H](O[C@@H]3C[C@](C)(OC)[C@H](OCc4ccccc4)[C@@H](C)O3)[C@@H](N(C)C)[C@@H]2O)[C@H]2CC(O[Si](C)(C)C(C)(C)C)O[C@@H]1CC(=O)O[C@H](C)C/C=C/C=C/[C@H](O[Si](C)(C)C(C)(C)C)[C@H](C)C2. The second-order valence-electron chi connectivity index (χ2n) is 24.4. The Bertz CT molecular complexity index is 1870. The predicted molar refractivity (Wildman–Crippen MR) is 282 cm³/mol. The summed E-state index contributed by atoms with van der Waals surface area (Å²) >= 11 is 0. The Morgan fingerprint density at radius 3 is 2.06 bits per heavy atom. The summed E-state index contributed by atoms with van der Waals surface area (Å²) in [6.07, 6.45) is 1.57. The van der Waals surface area contributed by atoms with Crippen LogP contribution in [0.15, 0.2) is 54.6 Å². The highest BCUT2D eigenvalue weighted by atomic mass is 28.4. The number of ether oxygens (including phenoxy) is 9. The third kappa shape index (κ3) is 15.4. The van der Waals surface area contributed by atoms with E-state index in [-0.39, 0.29) is 52.7 Å². The first-order chi connectivity index (χ1) is 33.0. The molecule has 1 N–H and O–H groups in total. The number of methoxy groups -OCH3 is 2. The van der Waals surface area contributed by atoms with Gasteiger partial charge in [0.25, 0.3) is 0 Å². The summed E-state index contributed by atoms with van der Waals surface area (Å²) in [6.45, 7) is 32.9. The van der Waals surface area contributed by atoms with Gasteiger partial charge in [0, 0.05) is 33.5 Å². The molecule has 1 aromatic carbocycles. The van der Waals surface area contributed by atoms with Crippen LogP contribution in [-0.4, -0.2) is 152 Å². The number of esters is 1. The molecule has 14 nitrogen and oxygen atoms in total. The van der Waals surface area contributed by atoms with Gasteiger partial charge >= 0.3 is 5.97 Å². The average Bonchev–Trinajstić information content (AvgIpc) is 3.37. The van der Waals surface area contributed by atoms with Gasteiger partial charge in [-0.05, 0) is 102 Å². The average molecular weight is 1030 g/mol. The zero-order valence-corrected chi connectivity index (χ0v) is 49.0. The lowest BCUT2D eigenvalue weighted by Gasteiger charge is -2.51. The smallest absolute Gasteiger partial charge is 0.308 e. The largest absolute Gasteiger partial charge is 0.462 e. The molecule has 16 heteroatoms. The maximum absolute atomic E-state index is 13.9. The summed E-state index contributed by atoms with van der Waals surface area (Å²) in [7, 11) is 2.45. The fraction of sp³-hybridized carbons (Fsp3) is 0.800. The van der Waals surface area contributed by atoms with E-state index in [0.717, 1.165) is 5.56 Å². The van der Waals surface area contributed by atoms with Gasteiger partial charge in [0.2, 0.25) is 0 Å². The monoisotopic (exact) mass is 1030 g/mol. The lowest BCUT2D eigenvalue weighted by atomic mass is 9.83. The number of aliphatic hydroxyl groups excluding tert-OH is 1. The number of carbonyl (C=O) groups is 1. The molecule has 0 radical (unpaired) electrons. The van der Waals surface area contributed by atoms with Gasteiger partial charge in [0.1, 0.15) is 36.8 Å². The van der Waals surface area contributed by atoms with Crippen molar-refractivity contribution < 1.29 is 61.4 Å². The maximum atomic E-state index is 13.9. The van der Waals surface area contributed by atoms with Gasteiger partial charge in [0.05, 0.1) is 55.2 Å². The van der Waals surface area contributed by atoms with Gasteiger partial charge < -0.3 is 61.5 Å². The molecule has 4 aliphatic rings. The molecule has 0 spiro atoms. The second kappa shape index (κ2) is 24.9. The van der Waals surface area contributed by atoms with Crippen molar-refractivity contribution in [2.45, 2.75) is 243 Å². The highest BCUT2D eigenvalue weighted by Gasteiger charge is 2.54. The van der Waals surface area contributed by atoms with Crippen molar-refractivity contribution in [2.75, 3.05) is 28.3 Å². The van der Waals surface area contributed by atoms with Crippen LogP contribution in [0.3, 0.4) is 0 Å². The van der Waals surface area contributed by atoms with Crippen molar-refractivity contribution in [1.82, 2.24) is 4.90 Å². The van der Waals surface area contributed by atoms with E-state index >= 15 is 0 Å². The molecule has 0 aliphatic carbocycles. The number of aliphatic hydroxyl groups is 1. The third-order valence-corrected chi connectivity index (χ3v) is 25.3. The lowest BCUT2D eigenvalue weighted by molar-refractivity contribution is -0.347. The number of allylic oxidation sites excluding steroid dienone is 2. The van der Waals surface area contributed by atoms with Crippen molar-refractivity contribution in [3.05, 3.63) is 60.2 Å². The first-order valence-corrected chi connectivity index (χ1v) is 32.1. The van der Waals surface area contributed by atoms with Crippen molar-refractivity contribution in [3.8, 4) is 0 Å². The molecule has 0 amide bonds. The maximum Gasteiger partial charge on any atom is 0.308 e. The van der Waals surface area contributed by atoms with Crippen LogP contribution in [0, 0.1) is 11.8 Å². The van der Waals surface area contributed by atoms with E-state index in [1.165, 1.54) is 0 Å². The Labute approximate surface area is 430 Å². The molecule has 3 fully saturated rings. The Hall–Kier alpha value is -1.88. The molecular weight excluding hydrogens is 939 g/mol. The zero-order chi connectivity index (χ0) is 52.9. The molecule has 0 aromatic heterocycles. The van der Waals surface area contributed by atoms with Gasteiger partial charge in [-0.15, -0.1) is 0 Å². The minimum atomic E-state index is -2.44. The number of hydrogen-bond acceptors (Lipinski definition) is 14. The Morgan fingerprint density at radius 2 is 1.45 bits per heavy atom. The van der Waals surface area contributed by atoms with Gasteiger partial charge in [-0.3, -0.25) is 4.79 Å².